The van der Waals surface area contributed by atoms with E-state index in [1.165, 1.54) is 40.2 Å². The van der Waals surface area contributed by atoms with E-state index < -0.39 is 10.8 Å². The fourth-order valence-electron chi connectivity index (χ4n) is 3.57. The lowest BCUT2D eigenvalue weighted by Gasteiger charge is -2.17. The van der Waals surface area contributed by atoms with Crippen LogP contribution in [0.25, 0.3) is 10.2 Å². The number of aromatic nitrogens is 2. The van der Waals surface area contributed by atoms with E-state index in [4.69, 9.17) is 0 Å². The van der Waals surface area contributed by atoms with E-state index in [0.717, 1.165) is 29.7 Å². The molecule has 0 aliphatic heterocycles. The molecule has 0 saturated carbocycles. The fourth-order valence-corrected chi connectivity index (χ4v) is 4.91. The van der Waals surface area contributed by atoms with Gasteiger partial charge >= 0.3 is 0 Å². The van der Waals surface area contributed by atoms with Gasteiger partial charge in [-0.15, -0.1) is 11.3 Å². The molecule has 1 amide bonds. The Bertz CT molecular complexity index is 1230. The largest absolute Gasteiger partial charge is 0.289 e. The molecule has 1 aromatic carbocycles. The molecule has 0 radical (unpaired) electrons. The summed E-state index contributed by atoms with van der Waals surface area (Å²) in [6, 6.07) is 5.88. The molecule has 1 aliphatic carbocycles. The molecule has 0 spiro atoms. The van der Waals surface area contributed by atoms with Gasteiger partial charge < -0.3 is 0 Å². The number of thiophene rings is 1. The molecule has 3 aromatic rings. The van der Waals surface area contributed by atoms with E-state index in [1.807, 2.05) is 0 Å². The van der Waals surface area contributed by atoms with Crippen LogP contribution in [0.3, 0.4) is 0 Å². The number of hydrogen-bond donors (Lipinski definition) is 1. The maximum absolute atomic E-state index is 12.9. The first-order valence-corrected chi connectivity index (χ1v) is 10.3. The number of benzene rings is 1. The van der Waals surface area contributed by atoms with Crippen molar-refractivity contribution in [2.75, 3.05) is 0 Å². The molecule has 2 aromatic heterocycles. The van der Waals surface area contributed by atoms with Crippen molar-refractivity contribution in [3.63, 3.8) is 0 Å². The second-order valence-electron chi connectivity index (χ2n) is 7.35. The van der Waals surface area contributed by atoms with Crippen LogP contribution in [0.2, 0.25) is 0 Å². The first-order chi connectivity index (χ1) is 14.4. The highest BCUT2D eigenvalue weighted by Gasteiger charge is 2.23. The fraction of sp³-hybridized carbons (Fsp3) is 0.300. The Labute approximate surface area is 175 Å². The molecule has 1 N–H and O–H groups in total. The number of non-ortho nitro benzene ring substituents is 1. The second kappa shape index (κ2) is 8.15. The Morgan fingerprint density at radius 3 is 3.13 bits per heavy atom. The first kappa shape index (κ1) is 19.9. The minimum Gasteiger partial charge on any atom is -0.289 e. The van der Waals surface area contributed by atoms with Gasteiger partial charge in [0, 0.05) is 22.6 Å². The summed E-state index contributed by atoms with van der Waals surface area (Å²) in [5.41, 5.74) is 3.61. The Balaban J connectivity index is 1.48. The number of amides is 1. The number of nitro benzene ring substituents is 1. The van der Waals surface area contributed by atoms with E-state index >= 15 is 0 Å². The smallest absolute Gasteiger partial charge is 0.270 e. The number of nitrogens with zero attached hydrogens (tertiary/aromatic N) is 4. The lowest BCUT2D eigenvalue weighted by atomic mass is 9.89. The molecule has 10 heteroatoms. The van der Waals surface area contributed by atoms with Crippen molar-refractivity contribution in [1.29, 1.82) is 0 Å². The predicted octanol–water partition coefficient (Wildman–Crippen LogP) is 2.64. The van der Waals surface area contributed by atoms with Gasteiger partial charge in [0.15, 0.2) is 0 Å². The lowest BCUT2D eigenvalue weighted by molar-refractivity contribution is -0.384. The average Bonchev–Trinajstić information content (AvgIpc) is 3.08. The van der Waals surface area contributed by atoms with Crippen LogP contribution in [0.5, 0.6) is 0 Å². The Hall–Kier alpha value is -3.40. The van der Waals surface area contributed by atoms with Gasteiger partial charge in [-0.1, -0.05) is 19.1 Å². The maximum atomic E-state index is 12.9. The van der Waals surface area contributed by atoms with Crippen LogP contribution < -0.4 is 11.0 Å². The number of fused-ring (bicyclic) bond motifs is 3. The normalized spacial score (nSPS) is 16.0. The Morgan fingerprint density at radius 2 is 2.33 bits per heavy atom. The lowest BCUT2D eigenvalue weighted by Crippen LogP contribution is -2.30. The van der Waals surface area contributed by atoms with Crippen molar-refractivity contribution in [2.45, 2.75) is 32.7 Å². The molecule has 4 rings (SSSR count). The minimum atomic E-state index is -0.505. The summed E-state index contributed by atoms with van der Waals surface area (Å²) < 4.78 is 1.28. The Kier molecular flexibility index (Phi) is 5.40. The summed E-state index contributed by atoms with van der Waals surface area (Å²) in [6.07, 6.45) is 5.56. The minimum absolute atomic E-state index is 0.0651. The Morgan fingerprint density at radius 1 is 1.50 bits per heavy atom. The summed E-state index contributed by atoms with van der Waals surface area (Å²) in [7, 11) is 0. The maximum Gasteiger partial charge on any atom is 0.270 e. The summed E-state index contributed by atoms with van der Waals surface area (Å²) in [5.74, 6) is 0.111. The molecule has 0 bridgehead atoms. The number of hydrazone groups is 1. The van der Waals surface area contributed by atoms with Crippen LogP contribution in [-0.4, -0.2) is 26.6 Å². The number of nitro groups is 1. The molecule has 1 atom stereocenters. The molecule has 2 heterocycles. The molecular weight excluding hydrogens is 406 g/mol. The topological polar surface area (TPSA) is 119 Å². The monoisotopic (exact) mass is 425 g/mol. The SMILES string of the molecule is CC1CCc2c(sc3ncn(CC(=O)N/N=C/c4cccc([N+](=O)[O-])c4)c(=O)c23)C1. The highest BCUT2D eigenvalue weighted by Crippen LogP contribution is 2.35. The number of nitrogens with one attached hydrogen (secondary N) is 1. The zero-order valence-electron chi connectivity index (χ0n) is 16.2. The molecular formula is C20H19N5O4S. The van der Waals surface area contributed by atoms with Crippen molar-refractivity contribution < 1.29 is 9.72 Å². The average molecular weight is 425 g/mol. The molecule has 1 aliphatic rings. The molecule has 9 nitrogen and oxygen atoms in total. The van der Waals surface area contributed by atoms with E-state index in [2.05, 4.69) is 22.4 Å². The highest BCUT2D eigenvalue weighted by molar-refractivity contribution is 7.18. The summed E-state index contributed by atoms with van der Waals surface area (Å²) in [4.78, 5) is 41.8. The van der Waals surface area contributed by atoms with Crippen LogP contribution >= 0.6 is 11.3 Å². The van der Waals surface area contributed by atoms with Crippen molar-refractivity contribution in [3.05, 3.63) is 67.1 Å². The number of carbonyl (C=O) groups is 1. The van der Waals surface area contributed by atoms with E-state index in [0.29, 0.717) is 16.9 Å². The number of aryl methyl sites for hydroxylation is 1. The molecule has 154 valence electrons. The van der Waals surface area contributed by atoms with Crippen molar-refractivity contribution in [3.8, 4) is 0 Å². The van der Waals surface area contributed by atoms with Crippen LogP contribution in [0, 0.1) is 16.0 Å². The quantitative estimate of drug-likeness (QED) is 0.383. The van der Waals surface area contributed by atoms with Crippen LogP contribution in [0.15, 0.2) is 40.5 Å². The van der Waals surface area contributed by atoms with Crippen molar-refractivity contribution >= 4 is 39.4 Å². The van der Waals surface area contributed by atoms with Gasteiger partial charge in [-0.25, -0.2) is 10.4 Å². The first-order valence-electron chi connectivity index (χ1n) is 9.48. The summed E-state index contributed by atoms with van der Waals surface area (Å²) in [6.45, 7) is 1.99. The zero-order valence-corrected chi connectivity index (χ0v) is 17.0. The van der Waals surface area contributed by atoms with Crippen LogP contribution in [0.4, 0.5) is 5.69 Å². The van der Waals surface area contributed by atoms with Gasteiger partial charge in [0.05, 0.1) is 22.9 Å². The highest BCUT2D eigenvalue weighted by atomic mass is 32.1. The predicted molar refractivity (Wildman–Crippen MR) is 114 cm³/mol. The number of rotatable bonds is 5. The van der Waals surface area contributed by atoms with E-state index in [9.17, 15) is 19.7 Å². The summed E-state index contributed by atoms with van der Waals surface area (Å²) >= 11 is 1.56. The second-order valence-corrected chi connectivity index (χ2v) is 8.44. The summed E-state index contributed by atoms with van der Waals surface area (Å²) in [5, 5.41) is 15.2. The van der Waals surface area contributed by atoms with Gasteiger partial charge in [-0.05, 0) is 30.7 Å². The third kappa shape index (κ3) is 3.99. The number of carbonyl (C=O) groups excluding carboxylic acids is 1. The van der Waals surface area contributed by atoms with Gasteiger partial charge in [0.1, 0.15) is 11.4 Å². The molecule has 0 fully saturated rings. The van der Waals surface area contributed by atoms with Gasteiger partial charge in [0.2, 0.25) is 0 Å². The zero-order chi connectivity index (χ0) is 21.3. The third-order valence-corrected chi connectivity index (χ3v) is 6.24. The molecule has 0 saturated heterocycles. The van der Waals surface area contributed by atoms with Gasteiger partial charge in [0.25, 0.3) is 17.2 Å². The van der Waals surface area contributed by atoms with Crippen molar-refractivity contribution in [2.24, 2.45) is 11.0 Å². The van der Waals surface area contributed by atoms with E-state index in [-0.39, 0.29) is 17.8 Å². The standard InChI is InChI=1S/C20H19N5O4S/c1-12-5-6-15-16(7-12)30-19-18(15)20(27)24(11-21-19)10-17(26)23-22-9-13-3-2-4-14(8-13)25(28)29/h2-4,8-9,11-12H,5-7,10H2,1H3,(H,23,26)/b22-9+. The molecule has 1 unspecified atom stereocenters. The van der Waals surface area contributed by atoms with E-state index in [1.54, 1.807) is 17.4 Å². The molecule has 30 heavy (non-hydrogen) atoms. The number of hydrogen-bond acceptors (Lipinski definition) is 7. The van der Waals surface area contributed by atoms with Gasteiger partial charge in [-0.2, -0.15) is 5.10 Å². The van der Waals surface area contributed by atoms with Crippen LogP contribution in [-0.2, 0) is 24.2 Å². The van der Waals surface area contributed by atoms with Crippen LogP contribution in [0.1, 0.15) is 29.3 Å². The van der Waals surface area contributed by atoms with Gasteiger partial charge in [-0.3, -0.25) is 24.3 Å². The van der Waals surface area contributed by atoms with Crippen molar-refractivity contribution in [1.82, 2.24) is 15.0 Å². The third-order valence-electron chi connectivity index (χ3n) is 5.08.